The van der Waals surface area contributed by atoms with E-state index in [2.05, 4.69) is 14.8 Å². The molecule has 1 N–H and O–H groups in total. The third-order valence-corrected chi connectivity index (χ3v) is 5.33. The molecular formula is C14H14N4O2S2. The highest BCUT2D eigenvalue weighted by Crippen LogP contribution is 2.29. The lowest BCUT2D eigenvalue weighted by atomic mass is 10.3. The maximum Gasteiger partial charge on any atom is 0.244 e. The molecule has 3 rings (SSSR count). The Hall–Kier alpha value is -2.03. The van der Waals surface area contributed by atoms with E-state index in [0.29, 0.717) is 5.69 Å². The molecule has 0 saturated heterocycles. The van der Waals surface area contributed by atoms with Crippen LogP contribution in [-0.2, 0) is 23.6 Å². The predicted molar refractivity (Wildman–Crippen MR) is 84.8 cm³/mol. The molecule has 0 atom stereocenters. The molecule has 3 aromatic heterocycles. The van der Waals surface area contributed by atoms with Crippen LogP contribution in [0, 0.1) is 0 Å². The third kappa shape index (κ3) is 3.08. The Labute approximate surface area is 132 Å². The summed E-state index contributed by atoms with van der Waals surface area (Å²) in [7, 11) is -1.93. The number of thiophene rings is 1. The highest BCUT2D eigenvalue weighted by Gasteiger charge is 2.23. The SMILES string of the molecule is Cn1cc(S(=O)(=O)NCc2ccncc2)c(-c2cccs2)n1. The van der Waals surface area contributed by atoms with Crippen molar-refractivity contribution in [3.63, 3.8) is 0 Å². The fraction of sp³-hybridized carbons (Fsp3) is 0.143. The normalized spacial score (nSPS) is 11.7. The quantitative estimate of drug-likeness (QED) is 0.774. The molecule has 3 heterocycles. The van der Waals surface area contributed by atoms with E-state index in [-0.39, 0.29) is 11.4 Å². The van der Waals surface area contributed by atoms with Gasteiger partial charge in [0.05, 0.1) is 4.88 Å². The number of nitrogens with one attached hydrogen (secondary N) is 1. The van der Waals surface area contributed by atoms with Gasteiger partial charge in [-0.2, -0.15) is 5.10 Å². The molecule has 0 aromatic carbocycles. The summed E-state index contributed by atoms with van der Waals surface area (Å²) in [6, 6.07) is 7.27. The highest BCUT2D eigenvalue weighted by atomic mass is 32.2. The molecular weight excluding hydrogens is 320 g/mol. The molecule has 0 bridgehead atoms. The van der Waals surface area contributed by atoms with Gasteiger partial charge in [0.2, 0.25) is 10.0 Å². The third-order valence-electron chi connectivity index (χ3n) is 3.05. The number of hydrogen-bond donors (Lipinski definition) is 1. The summed E-state index contributed by atoms with van der Waals surface area (Å²) >= 11 is 1.46. The van der Waals surface area contributed by atoms with Crippen LogP contribution in [0.3, 0.4) is 0 Å². The summed E-state index contributed by atoms with van der Waals surface area (Å²) in [6.45, 7) is 0.212. The zero-order valence-electron chi connectivity index (χ0n) is 11.8. The molecule has 0 spiro atoms. The first kappa shape index (κ1) is 14.9. The van der Waals surface area contributed by atoms with Crippen molar-refractivity contribution in [1.29, 1.82) is 0 Å². The minimum atomic E-state index is -3.64. The zero-order valence-corrected chi connectivity index (χ0v) is 13.4. The van der Waals surface area contributed by atoms with Crippen LogP contribution in [0.5, 0.6) is 0 Å². The van der Waals surface area contributed by atoms with Crippen molar-refractivity contribution in [3.8, 4) is 10.6 Å². The summed E-state index contributed by atoms with van der Waals surface area (Å²) in [5.74, 6) is 0. The Morgan fingerprint density at radius 3 is 2.73 bits per heavy atom. The van der Waals surface area contributed by atoms with E-state index in [0.717, 1.165) is 10.4 Å². The fourth-order valence-corrected chi connectivity index (χ4v) is 4.00. The average Bonchev–Trinajstić information content (AvgIpc) is 3.15. The topological polar surface area (TPSA) is 76.9 Å². The summed E-state index contributed by atoms with van der Waals surface area (Å²) in [5.41, 5.74) is 1.32. The van der Waals surface area contributed by atoms with E-state index in [1.807, 2.05) is 17.5 Å². The van der Waals surface area contributed by atoms with Crippen LogP contribution in [0.15, 0.2) is 53.1 Å². The lowest BCUT2D eigenvalue weighted by molar-refractivity contribution is 0.581. The highest BCUT2D eigenvalue weighted by molar-refractivity contribution is 7.89. The maximum absolute atomic E-state index is 12.6. The number of pyridine rings is 1. The molecule has 3 aromatic rings. The van der Waals surface area contributed by atoms with E-state index in [9.17, 15) is 8.42 Å². The number of aromatic nitrogens is 3. The molecule has 0 aliphatic rings. The Kier molecular flexibility index (Phi) is 4.06. The first-order valence-electron chi connectivity index (χ1n) is 6.52. The second-order valence-electron chi connectivity index (χ2n) is 4.67. The molecule has 0 aliphatic heterocycles. The van der Waals surface area contributed by atoms with Gasteiger partial charge in [-0.15, -0.1) is 11.3 Å². The van der Waals surface area contributed by atoms with Crippen molar-refractivity contribution >= 4 is 21.4 Å². The van der Waals surface area contributed by atoms with Gasteiger partial charge < -0.3 is 0 Å². The smallest absolute Gasteiger partial charge is 0.244 e. The molecule has 0 unspecified atom stereocenters. The van der Waals surface area contributed by atoms with Gasteiger partial charge >= 0.3 is 0 Å². The minimum absolute atomic E-state index is 0.187. The second-order valence-corrected chi connectivity index (χ2v) is 7.36. The molecule has 6 nitrogen and oxygen atoms in total. The van der Waals surface area contributed by atoms with E-state index in [4.69, 9.17) is 0 Å². The van der Waals surface area contributed by atoms with Crippen molar-refractivity contribution in [2.24, 2.45) is 7.05 Å². The van der Waals surface area contributed by atoms with Crippen LogP contribution in [0.25, 0.3) is 10.6 Å². The van der Waals surface area contributed by atoms with Crippen molar-refractivity contribution in [3.05, 3.63) is 53.8 Å². The molecule has 0 radical (unpaired) electrons. The van der Waals surface area contributed by atoms with Crippen molar-refractivity contribution in [2.45, 2.75) is 11.4 Å². The summed E-state index contributed by atoms with van der Waals surface area (Å²) in [5, 5.41) is 6.17. The number of hydrogen-bond acceptors (Lipinski definition) is 5. The van der Waals surface area contributed by atoms with Gasteiger partial charge in [-0.3, -0.25) is 9.67 Å². The van der Waals surface area contributed by atoms with Crippen LogP contribution < -0.4 is 4.72 Å². The Bertz CT molecular complexity index is 856. The summed E-state index contributed by atoms with van der Waals surface area (Å²) < 4.78 is 29.2. The largest absolute Gasteiger partial charge is 0.274 e. The Balaban J connectivity index is 1.90. The molecule has 0 amide bonds. The van der Waals surface area contributed by atoms with Gasteiger partial charge in [-0.25, -0.2) is 13.1 Å². The number of nitrogens with zero attached hydrogens (tertiary/aromatic N) is 3. The lowest BCUT2D eigenvalue weighted by Crippen LogP contribution is -2.23. The lowest BCUT2D eigenvalue weighted by Gasteiger charge is -2.06. The maximum atomic E-state index is 12.6. The van der Waals surface area contributed by atoms with Crippen LogP contribution >= 0.6 is 11.3 Å². The summed E-state index contributed by atoms with van der Waals surface area (Å²) in [6.07, 6.45) is 4.78. The minimum Gasteiger partial charge on any atom is -0.274 e. The van der Waals surface area contributed by atoms with Crippen LogP contribution in [0.4, 0.5) is 0 Å². The summed E-state index contributed by atoms with van der Waals surface area (Å²) in [4.78, 5) is 4.92. The van der Waals surface area contributed by atoms with E-state index < -0.39 is 10.0 Å². The molecule has 0 saturated carbocycles. The average molecular weight is 334 g/mol. The zero-order chi connectivity index (χ0) is 15.6. The standard InChI is InChI=1S/C14H14N4O2S2/c1-18-10-13(14(17-18)12-3-2-8-21-12)22(19,20)16-9-11-4-6-15-7-5-11/h2-8,10,16H,9H2,1H3. The van der Waals surface area contributed by atoms with Crippen LogP contribution in [-0.4, -0.2) is 23.2 Å². The van der Waals surface area contributed by atoms with Gasteiger partial charge in [0.1, 0.15) is 10.6 Å². The van der Waals surface area contributed by atoms with Gasteiger partial charge in [-0.1, -0.05) is 6.07 Å². The second kappa shape index (κ2) is 5.99. The molecule has 114 valence electrons. The van der Waals surface area contributed by atoms with E-state index >= 15 is 0 Å². The van der Waals surface area contributed by atoms with Crippen LogP contribution in [0.2, 0.25) is 0 Å². The van der Waals surface area contributed by atoms with Crippen molar-refractivity contribution in [2.75, 3.05) is 0 Å². The van der Waals surface area contributed by atoms with Gasteiger partial charge in [0.15, 0.2) is 0 Å². The fourth-order valence-electron chi connectivity index (χ4n) is 2.00. The monoisotopic (exact) mass is 334 g/mol. The van der Waals surface area contributed by atoms with Crippen molar-refractivity contribution in [1.82, 2.24) is 19.5 Å². The van der Waals surface area contributed by atoms with E-state index in [1.54, 1.807) is 31.6 Å². The Morgan fingerprint density at radius 2 is 2.05 bits per heavy atom. The van der Waals surface area contributed by atoms with E-state index in [1.165, 1.54) is 22.2 Å². The van der Waals surface area contributed by atoms with Gasteiger partial charge in [-0.05, 0) is 29.1 Å². The molecule has 0 fully saturated rings. The number of rotatable bonds is 5. The first-order chi connectivity index (χ1) is 10.6. The van der Waals surface area contributed by atoms with Crippen molar-refractivity contribution < 1.29 is 8.42 Å². The molecule has 0 aliphatic carbocycles. The molecule has 22 heavy (non-hydrogen) atoms. The number of sulfonamides is 1. The predicted octanol–water partition coefficient (Wildman–Crippen LogP) is 2.02. The first-order valence-corrected chi connectivity index (χ1v) is 8.88. The van der Waals surface area contributed by atoms with Gasteiger partial charge in [0.25, 0.3) is 0 Å². The van der Waals surface area contributed by atoms with Crippen LogP contribution in [0.1, 0.15) is 5.56 Å². The number of aryl methyl sites for hydroxylation is 1. The Morgan fingerprint density at radius 1 is 1.27 bits per heavy atom. The molecule has 8 heteroatoms. The van der Waals surface area contributed by atoms with Gasteiger partial charge in [0, 0.05) is 32.2 Å².